The molecule has 1 atom stereocenters. The second-order valence-corrected chi connectivity index (χ2v) is 9.79. The van der Waals surface area contributed by atoms with Gasteiger partial charge in [-0.1, -0.05) is 25.1 Å². The van der Waals surface area contributed by atoms with Gasteiger partial charge in [-0.2, -0.15) is 0 Å². The van der Waals surface area contributed by atoms with Crippen LogP contribution in [0.4, 0.5) is 4.79 Å². The van der Waals surface area contributed by atoms with Crippen molar-refractivity contribution in [1.29, 1.82) is 0 Å². The Morgan fingerprint density at radius 3 is 2.00 bits per heavy atom. The van der Waals surface area contributed by atoms with Crippen LogP contribution < -0.4 is 10.6 Å². The molecule has 9 heteroatoms. The third-order valence-electron chi connectivity index (χ3n) is 5.53. The van der Waals surface area contributed by atoms with Crippen molar-refractivity contribution in [3.05, 3.63) is 34.9 Å². The summed E-state index contributed by atoms with van der Waals surface area (Å²) < 4.78 is 9.88. The van der Waals surface area contributed by atoms with E-state index in [9.17, 15) is 19.2 Å². The summed E-state index contributed by atoms with van der Waals surface area (Å²) in [6, 6.07) is 4.57. The highest BCUT2D eigenvalue weighted by atomic mass is 16.6. The zero-order valence-corrected chi connectivity index (χ0v) is 21.8. The number of alkyl carbamates (subject to hydrolysis) is 1. The summed E-state index contributed by atoms with van der Waals surface area (Å²) in [4.78, 5) is 52.3. The molecular formula is C25H39N3O6. The zero-order chi connectivity index (χ0) is 26.3. The van der Waals surface area contributed by atoms with E-state index in [0.29, 0.717) is 12.0 Å². The summed E-state index contributed by atoms with van der Waals surface area (Å²) in [7, 11) is 1.23. The van der Waals surface area contributed by atoms with Crippen molar-refractivity contribution >= 4 is 23.9 Å². The SMILES string of the molecule is CCC(C)(C)N(C(=O)CNC(=O)OC(C)(C)C)C(C(=O)NCC(=O)OC)c1c(C)cccc1C. The summed E-state index contributed by atoms with van der Waals surface area (Å²) in [5, 5.41) is 5.09. The molecule has 0 aliphatic heterocycles. The fourth-order valence-corrected chi connectivity index (χ4v) is 3.51. The van der Waals surface area contributed by atoms with Crippen molar-refractivity contribution in [2.45, 2.75) is 79.0 Å². The predicted molar refractivity (Wildman–Crippen MR) is 129 cm³/mol. The highest BCUT2D eigenvalue weighted by Gasteiger charge is 2.41. The van der Waals surface area contributed by atoms with E-state index >= 15 is 0 Å². The number of carbonyl (C=O) groups excluding carboxylic acids is 4. The molecule has 0 saturated carbocycles. The minimum Gasteiger partial charge on any atom is -0.468 e. The molecule has 3 amide bonds. The molecule has 1 aromatic rings. The number of hydrogen-bond donors (Lipinski definition) is 2. The molecule has 1 aromatic carbocycles. The van der Waals surface area contributed by atoms with E-state index in [-0.39, 0.29) is 13.1 Å². The predicted octanol–water partition coefficient (Wildman–Crippen LogP) is 3.18. The van der Waals surface area contributed by atoms with Crippen molar-refractivity contribution in [2.75, 3.05) is 20.2 Å². The largest absolute Gasteiger partial charge is 0.468 e. The Kier molecular flexibility index (Phi) is 10.1. The fourth-order valence-electron chi connectivity index (χ4n) is 3.51. The first-order valence-corrected chi connectivity index (χ1v) is 11.3. The summed E-state index contributed by atoms with van der Waals surface area (Å²) in [6.45, 7) is 13.8. The molecule has 0 fully saturated rings. The number of rotatable bonds is 9. The summed E-state index contributed by atoms with van der Waals surface area (Å²) in [6.07, 6.45) is -0.189. The molecule has 0 bridgehead atoms. The van der Waals surface area contributed by atoms with Gasteiger partial charge in [0, 0.05) is 5.54 Å². The summed E-state index contributed by atoms with van der Waals surface area (Å²) >= 11 is 0. The Labute approximate surface area is 202 Å². The first kappa shape index (κ1) is 28.9. The van der Waals surface area contributed by atoms with E-state index in [4.69, 9.17) is 4.74 Å². The molecule has 1 unspecified atom stereocenters. The molecule has 0 spiro atoms. The summed E-state index contributed by atoms with van der Waals surface area (Å²) in [5.41, 5.74) is 0.835. The van der Waals surface area contributed by atoms with Crippen LogP contribution in [0.1, 0.15) is 70.7 Å². The molecule has 2 N–H and O–H groups in total. The van der Waals surface area contributed by atoms with Gasteiger partial charge in [0.2, 0.25) is 11.8 Å². The third kappa shape index (κ3) is 8.04. The normalized spacial score (nSPS) is 12.4. The highest BCUT2D eigenvalue weighted by Crippen LogP contribution is 2.34. The van der Waals surface area contributed by atoms with Gasteiger partial charge in [-0.3, -0.25) is 14.4 Å². The Bertz CT molecular complexity index is 884. The molecule has 9 nitrogen and oxygen atoms in total. The Balaban J connectivity index is 3.46. The maximum Gasteiger partial charge on any atom is 0.408 e. The lowest BCUT2D eigenvalue weighted by Crippen LogP contribution is -2.56. The number of nitrogens with zero attached hydrogens (tertiary/aromatic N) is 1. The molecule has 190 valence electrons. The summed E-state index contributed by atoms with van der Waals surface area (Å²) in [5.74, 6) is -1.58. The molecule has 1 rings (SSSR count). The lowest BCUT2D eigenvalue weighted by molar-refractivity contribution is -0.148. The minimum absolute atomic E-state index is 0.332. The third-order valence-corrected chi connectivity index (χ3v) is 5.53. The first-order chi connectivity index (χ1) is 15.6. The van der Waals surface area contributed by atoms with Crippen LogP contribution in [-0.2, 0) is 23.9 Å². The van der Waals surface area contributed by atoms with Crippen LogP contribution in [0.15, 0.2) is 18.2 Å². The second kappa shape index (κ2) is 11.9. The average Bonchev–Trinajstić information content (AvgIpc) is 2.73. The van der Waals surface area contributed by atoms with Crippen LogP contribution >= 0.6 is 0 Å². The van der Waals surface area contributed by atoms with Gasteiger partial charge in [0.25, 0.3) is 0 Å². The van der Waals surface area contributed by atoms with Gasteiger partial charge < -0.3 is 25.0 Å². The number of benzene rings is 1. The molecular weight excluding hydrogens is 438 g/mol. The minimum atomic E-state index is -1.03. The van der Waals surface area contributed by atoms with Gasteiger partial charge in [0.15, 0.2) is 0 Å². The monoisotopic (exact) mass is 477 g/mol. The quantitative estimate of drug-likeness (QED) is 0.528. The average molecular weight is 478 g/mol. The van der Waals surface area contributed by atoms with Crippen molar-refractivity contribution in [1.82, 2.24) is 15.5 Å². The van der Waals surface area contributed by atoms with Gasteiger partial charge in [0.1, 0.15) is 24.7 Å². The van der Waals surface area contributed by atoms with E-state index in [1.165, 1.54) is 12.0 Å². The number of esters is 1. The number of nitrogens with one attached hydrogen (secondary N) is 2. The number of ether oxygens (including phenoxy) is 2. The Morgan fingerprint density at radius 1 is 0.971 bits per heavy atom. The number of carbonyl (C=O) groups is 4. The van der Waals surface area contributed by atoms with Gasteiger partial charge in [-0.25, -0.2) is 4.79 Å². The van der Waals surface area contributed by atoms with Crippen LogP contribution in [0, 0.1) is 13.8 Å². The van der Waals surface area contributed by atoms with Crippen LogP contribution in [0.2, 0.25) is 0 Å². The van der Waals surface area contributed by atoms with Gasteiger partial charge in [-0.15, -0.1) is 0 Å². The number of aryl methyl sites for hydroxylation is 2. The Hall–Kier alpha value is -3.10. The van der Waals surface area contributed by atoms with E-state index < -0.39 is 41.1 Å². The molecule has 0 saturated heterocycles. The van der Waals surface area contributed by atoms with Gasteiger partial charge in [-0.05, 0) is 71.6 Å². The van der Waals surface area contributed by atoms with E-state index in [2.05, 4.69) is 15.4 Å². The maximum atomic E-state index is 13.5. The van der Waals surface area contributed by atoms with E-state index in [1.807, 2.05) is 52.8 Å². The number of methoxy groups -OCH3 is 1. The lowest BCUT2D eigenvalue weighted by Gasteiger charge is -2.43. The number of amides is 3. The Morgan fingerprint density at radius 2 is 1.53 bits per heavy atom. The second-order valence-electron chi connectivity index (χ2n) is 9.79. The molecule has 34 heavy (non-hydrogen) atoms. The fraction of sp³-hybridized carbons (Fsp3) is 0.600. The van der Waals surface area contributed by atoms with Crippen molar-refractivity contribution in [3.8, 4) is 0 Å². The van der Waals surface area contributed by atoms with Gasteiger partial charge >= 0.3 is 12.1 Å². The van der Waals surface area contributed by atoms with Crippen LogP contribution in [0.25, 0.3) is 0 Å². The smallest absolute Gasteiger partial charge is 0.408 e. The van der Waals surface area contributed by atoms with Crippen molar-refractivity contribution < 1.29 is 28.7 Å². The standard InChI is InChI=1S/C25H39N3O6/c1-10-25(7,8)28(18(29)14-27-23(32)34-24(4,5)6)21(22(31)26-15-19(30)33-9)20-16(2)12-11-13-17(20)3/h11-13,21H,10,14-15H2,1-9H3,(H,26,31)(H,27,32). The first-order valence-electron chi connectivity index (χ1n) is 11.3. The molecule has 0 radical (unpaired) electrons. The number of hydrogen-bond acceptors (Lipinski definition) is 6. The van der Waals surface area contributed by atoms with Crippen molar-refractivity contribution in [3.63, 3.8) is 0 Å². The molecule has 0 heterocycles. The maximum absolute atomic E-state index is 13.5. The molecule has 0 aliphatic carbocycles. The lowest BCUT2D eigenvalue weighted by atomic mass is 9.89. The van der Waals surface area contributed by atoms with Crippen LogP contribution in [-0.4, -0.2) is 60.1 Å². The molecule has 0 aliphatic rings. The van der Waals surface area contributed by atoms with Gasteiger partial charge in [0.05, 0.1) is 7.11 Å². The van der Waals surface area contributed by atoms with Crippen molar-refractivity contribution in [2.24, 2.45) is 0 Å². The zero-order valence-electron chi connectivity index (χ0n) is 21.8. The van der Waals surface area contributed by atoms with Crippen LogP contribution in [0.5, 0.6) is 0 Å². The van der Waals surface area contributed by atoms with Crippen LogP contribution in [0.3, 0.4) is 0 Å². The van der Waals surface area contributed by atoms with E-state index in [0.717, 1.165) is 11.1 Å². The highest BCUT2D eigenvalue weighted by molar-refractivity contribution is 5.92. The molecule has 0 aromatic heterocycles. The van der Waals surface area contributed by atoms with E-state index in [1.54, 1.807) is 20.8 Å². The topological polar surface area (TPSA) is 114 Å².